The minimum absolute atomic E-state index is 0.217. The fourth-order valence-corrected chi connectivity index (χ4v) is 1.84. The van der Waals surface area contributed by atoms with Gasteiger partial charge in [0.1, 0.15) is 0 Å². The van der Waals surface area contributed by atoms with E-state index in [0.717, 1.165) is 11.1 Å². The zero-order valence-corrected chi connectivity index (χ0v) is 12.2. The topological polar surface area (TPSA) is 99.7 Å². The van der Waals surface area contributed by atoms with Gasteiger partial charge in [0.05, 0.1) is 6.61 Å². The van der Waals surface area contributed by atoms with Gasteiger partial charge in [-0.2, -0.15) is 0 Å². The minimum atomic E-state index is -0.451. The molecule has 1 aromatic rings. The summed E-state index contributed by atoms with van der Waals surface area (Å²) in [5.41, 5.74) is 6.65. The lowest BCUT2D eigenvalue weighted by Gasteiger charge is -2.09. The molecule has 116 valence electrons. The molecule has 4 N–H and O–H groups in total. The Hall–Kier alpha value is -2.12. The highest BCUT2D eigenvalue weighted by atomic mass is 16.7. The van der Waals surface area contributed by atoms with E-state index in [2.05, 4.69) is 10.8 Å². The van der Waals surface area contributed by atoms with Gasteiger partial charge >= 0.3 is 6.03 Å². The quantitative estimate of drug-likeness (QED) is 0.351. The Morgan fingerprint density at radius 1 is 1.14 bits per heavy atom. The fraction of sp³-hybridized carbons (Fsp3) is 0.429. The van der Waals surface area contributed by atoms with Gasteiger partial charge in [0, 0.05) is 12.1 Å². The van der Waals surface area contributed by atoms with Crippen LogP contribution in [-0.4, -0.2) is 23.8 Å². The number of anilines is 1. The molecule has 0 saturated carbocycles. The molecule has 0 saturated heterocycles. The molecule has 7 nitrogen and oxygen atoms in total. The normalized spacial score (nSPS) is 10.0. The number of hydrogen-bond donors (Lipinski definition) is 4. The maximum absolute atomic E-state index is 11.6. The second kappa shape index (κ2) is 8.93. The van der Waals surface area contributed by atoms with E-state index < -0.39 is 11.9 Å². The highest BCUT2D eigenvalue weighted by Gasteiger charge is 2.03. The number of amides is 3. The number of carbonyl (C=O) groups excluding carboxylic acids is 2. The number of urea groups is 1. The monoisotopic (exact) mass is 295 g/mol. The van der Waals surface area contributed by atoms with Crippen molar-refractivity contribution in [3.05, 3.63) is 29.3 Å². The van der Waals surface area contributed by atoms with Crippen LogP contribution in [0.5, 0.6) is 0 Å². The molecule has 0 radical (unpaired) electrons. The summed E-state index contributed by atoms with van der Waals surface area (Å²) in [6.07, 6.45) is 1.37. The van der Waals surface area contributed by atoms with E-state index in [1.165, 1.54) is 0 Å². The third-order valence-electron chi connectivity index (χ3n) is 2.67. The lowest BCUT2D eigenvalue weighted by atomic mass is 10.1. The molecule has 0 aliphatic rings. The molecule has 0 aromatic heterocycles. The Balaban J connectivity index is 2.18. The highest BCUT2D eigenvalue weighted by Crippen LogP contribution is 2.13. The van der Waals surface area contributed by atoms with Gasteiger partial charge in [0.15, 0.2) is 0 Å². The third kappa shape index (κ3) is 7.28. The van der Waals surface area contributed by atoms with Crippen LogP contribution in [0.3, 0.4) is 0 Å². The Kier molecular flexibility index (Phi) is 7.20. The zero-order chi connectivity index (χ0) is 15.7. The first kappa shape index (κ1) is 16.9. The summed E-state index contributed by atoms with van der Waals surface area (Å²) in [5.74, 6) is -0.435. The smallest absolute Gasteiger partial charge is 0.306 e. The molecule has 0 atom stereocenters. The van der Waals surface area contributed by atoms with Gasteiger partial charge in [-0.25, -0.2) is 15.8 Å². The van der Waals surface area contributed by atoms with Crippen molar-refractivity contribution in [3.63, 3.8) is 0 Å². The molecule has 0 aliphatic carbocycles. The summed E-state index contributed by atoms with van der Waals surface area (Å²) in [5, 5.41) is 11.0. The zero-order valence-electron chi connectivity index (χ0n) is 12.2. The van der Waals surface area contributed by atoms with E-state index in [1.54, 1.807) is 5.48 Å². The van der Waals surface area contributed by atoms with Gasteiger partial charge in [0.25, 0.3) is 0 Å². The largest absolute Gasteiger partial charge is 0.343 e. The van der Waals surface area contributed by atoms with Crippen molar-refractivity contribution >= 4 is 17.6 Å². The van der Waals surface area contributed by atoms with Crippen LogP contribution in [0.2, 0.25) is 0 Å². The molecule has 0 bridgehead atoms. The Labute approximate surface area is 123 Å². The standard InChI is InChI=1S/C14H21N3O4/c1-10-7-11(2)9-12(8-10)15-14(19)17-21-6-4-3-5-13(18)16-20/h7-9,20H,3-6H2,1-2H3,(H,16,18)(H2,15,17,19). The predicted molar refractivity (Wildman–Crippen MR) is 77.8 cm³/mol. The van der Waals surface area contributed by atoms with Crippen molar-refractivity contribution in [1.29, 1.82) is 0 Å². The molecule has 0 spiro atoms. The van der Waals surface area contributed by atoms with Crippen molar-refractivity contribution in [2.75, 3.05) is 11.9 Å². The molecule has 0 fully saturated rings. The Bertz CT molecular complexity index is 471. The van der Waals surface area contributed by atoms with Crippen molar-refractivity contribution in [1.82, 2.24) is 11.0 Å². The van der Waals surface area contributed by atoms with E-state index in [0.29, 0.717) is 25.1 Å². The van der Waals surface area contributed by atoms with Gasteiger partial charge in [-0.15, -0.1) is 0 Å². The van der Waals surface area contributed by atoms with Crippen LogP contribution < -0.4 is 16.3 Å². The first-order valence-electron chi connectivity index (χ1n) is 6.71. The average Bonchev–Trinajstić information content (AvgIpc) is 2.41. The molecular formula is C14H21N3O4. The Morgan fingerprint density at radius 2 is 1.81 bits per heavy atom. The SMILES string of the molecule is Cc1cc(C)cc(NC(=O)NOCCCCC(=O)NO)c1. The number of benzene rings is 1. The molecule has 3 amide bonds. The molecule has 1 aromatic carbocycles. The molecule has 0 heterocycles. The van der Waals surface area contributed by atoms with Crippen molar-refractivity contribution in [3.8, 4) is 0 Å². The lowest BCUT2D eigenvalue weighted by molar-refractivity contribution is -0.129. The van der Waals surface area contributed by atoms with Crippen molar-refractivity contribution in [2.24, 2.45) is 0 Å². The van der Waals surface area contributed by atoms with E-state index >= 15 is 0 Å². The first-order valence-corrected chi connectivity index (χ1v) is 6.71. The van der Waals surface area contributed by atoms with Crippen LogP contribution in [0.25, 0.3) is 0 Å². The molecule has 1 rings (SSSR count). The molecule has 7 heteroatoms. The van der Waals surface area contributed by atoms with Gasteiger partial charge in [-0.1, -0.05) is 6.07 Å². The molecule has 21 heavy (non-hydrogen) atoms. The van der Waals surface area contributed by atoms with E-state index in [9.17, 15) is 9.59 Å². The van der Waals surface area contributed by atoms with Crippen LogP contribution in [-0.2, 0) is 9.63 Å². The van der Waals surface area contributed by atoms with Crippen LogP contribution in [0.15, 0.2) is 18.2 Å². The van der Waals surface area contributed by atoms with Crippen molar-refractivity contribution in [2.45, 2.75) is 33.1 Å². The molecule has 0 unspecified atom stereocenters. The van der Waals surface area contributed by atoms with Gasteiger partial charge < -0.3 is 5.32 Å². The minimum Gasteiger partial charge on any atom is -0.306 e. The number of rotatable bonds is 7. The van der Waals surface area contributed by atoms with Gasteiger partial charge in [-0.05, 0) is 49.9 Å². The highest BCUT2D eigenvalue weighted by molar-refractivity contribution is 5.88. The first-order chi connectivity index (χ1) is 10.0. The number of hydroxylamine groups is 2. The maximum atomic E-state index is 11.6. The number of unbranched alkanes of at least 4 members (excludes halogenated alkanes) is 1. The second-order valence-corrected chi connectivity index (χ2v) is 4.77. The van der Waals surface area contributed by atoms with Crippen LogP contribution in [0, 0.1) is 13.8 Å². The fourth-order valence-electron chi connectivity index (χ4n) is 1.84. The van der Waals surface area contributed by atoms with E-state index in [4.69, 9.17) is 10.0 Å². The maximum Gasteiger partial charge on any atom is 0.343 e. The summed E-state index contributed by atoms with van der Waals surface area (Å²) < 4.78 is 0. The third-order valence-corrected chi connectivity index (χ3v) is 2.67. The van der Waals surface area contributed by atoms with Crippen LogP contribution >= 0.6 is 0 Å². The average molecular weight is 295 g/mol. The Morgan fingerprint density at radius 3 is 2.43 bits per heavy atom. The van der Waals surface area contributed by atoms with Crippen LogP contribution in [0.1, 0.15) is 30.4 Å². The number of hydrogen-bond acceptors (Lipinski definition) is 4. The molecule has 0 aliphatic heterocycles. The van der Waals surface area contributed by atoms with E-state index in [-0.39, 0.29) is 6.42 Å². The number of carbonyl (C=O) groups is 2. The number of aryl methyl sites for hydroxylation is 2. The predicted octanol–water partition coefficient (Wildman–Crippen LogP) is 2.03. The second-order valence-electron chi connectivity index (χ2n) is 4.77. The van der Waals surface area contributed by atoms with Gasteiger partial charge in [-0.3, -0.25) is 14.8 Å². The van der Waals surface area contributed by atoms with Gasteiger partial charge in [0.2, 0.25) is 5.91 Å². The summed E-state index contributed by atoms with van der Waals surface area (Å²) in [4.78, 5) is 27.3. The lowest BCUT2D eigenvalue weighted by Crippen LogP contribution is -2.29. The van der Waals surface area contributed by atoms with Crippen molar-refractivity contribution < 1.29 is 19.6 Å². The summed E-state index contributed by atoms with van der Waals surface area (Å²) in [6.45, 7) is 4.20. The summed E-state index contributed by atoms with van der Waals surface area (Å²) >= 11 is 0. The summed E-state index contributed by atoms with van der Waals surface area (Å²) in [6, 6.07) is 5.29. The summed E-state index contributed by atoms with van der Waals surface area (Å²) in [7, 11) is 0. The van der Waals surface area contributed by atoms with Crippen LogP contribution in [0.4, 0.5) is 10.5 Å². The number of nitrogens with one attached hydrogen (secondary N) is 3. The molecular weight excluding hydrogens is 274 g/mol. The van der Waals surface area contributed by atoms with E-state index in [1.807, 2.05) is 32.0 Å².